The topological polar surface area (TPSA) is 126 Å². The highest BCUT2D eigenvalue weighted by molar-refractivity contribution is 7.07. The van der Waals surface area contributed by atoms with Gasteiger partial charge in [0.1, 0.15) is 17.3 Å². The van der Waals surface area contributed by atoms with E-state index in [1.807, 2.05) is 36.4 Å². The molecule has 0 aliphatic carbocycles. The zero-order chi connectivity index (χ0) is 31.7. The lowest BCUT2D eigenvalue weighted by Gasteiger charge is -2.26. The summed E-state index contributed by atoms with van der Waals surface area (Å²) in [5.74, 6) is 0.785. The highest BCUT2D eigenvalue weighted by atomic mass is 32.1. The number of fused-ring (bicyclic) bond motifs is 1. The van der Waals surface area contributed by atoms with Crippen LogP contribution in [0.4, 0.5) is 5.69 Å². The van der Waals surface area contributed by atoms with Crippen LogP contribution in [-0.4, -0.2) is 29.2 Å². The van der Waals surface area contributed by atoms with Gasteiger partial charge < -0.3 is 13.9 Å². The molecular weight excluding hydrogens is 594 g/mol. The maximum absolute atomic E-state index is 14.1. The van der Waals surface area contributed by atoms with Gasteiger partial charge in [-0.2, -0.15) is 0 Å². The Morgan fingerprint density at radius 1 is 1.07 bits per heavy atom. The summed E-state index contributed by atoms with van der Waals surface area (Å²) in [7, 11) is 1.55. The molecule has 0 fully saturated rings. The van der Waals surface area contributed by atoms with Crippen molar-refractivity contribution in [3.05, 3.63) is 143 Å². The average molecular weight is 622 g/mol. The Morgan fingerprint density at radius 2 is 1.87 bits per heavy atom. The van der Waals surface area contributed by atoms with Crippen LogP contribution in [0.25, 0.3) is 23.1 Å². The molecule has 5 aromatic rings. The molecule has 0 saturated heterocycles. The van der Waals surface area contributed by atoms with E-state index in [1.54, 1.807) is 69.5 Å². The van der Waals surface area contributed by atoms with E-state index in [4.69, 9.17) is 18.9 Å². The van der Waals surface area contributed by atoms with Crippen molar-refractivity contribution in [3.63, 3.8) is 0 Å². The molecule has 11 heteroatoms. The summed E-state index contributed by atoms with van der Waals surface area (Å²) in [4.78, 5) is 44.0. The van der Waals surface area contributed by atoms with Crippen LogP contribution in [0.2, 0.25) is 0 Å². The highest BCUT2D eigenvalue weighted by Crippen LogP contribution is 2.36. The van der Waals surface area contributed by atoms with Gasteiger partial charge in [-0.15, -0.1) is 0 Å². The van der Waals surface area contributed by atoms with Gasteiger partial charge in [0.2, 0.25) is 0 Å². The molecule has 0 saturated carbocycles. The normalized spacial score (nSPS) is 14.6. The minimum atomic E-state index is -0.854. The molecule has 10 nitrogen and oxygen atoms in total. The molecule has 0 radical (unpaired) electrons. The third-order valence-corrected chi connectivity index (χ3v) is 8.36. The summed E-state index contributed by atoms with van der Waals surface area (Å²) >= 11 is 1.17. The predicted octanol–water partition coefficient (Wildman–Crippen LogP) is 5.42. The first-order valence-corrected chi connectivity index (χ1v) is 14.9. The lowest BCUT2D eigenvalue weighted by Crippen LogP contribution is -2.40. The Bertz CT molecular complexity index is 2160. The van der Waals surface area contributed by atoms with Crippen LogP contribution in [0.5, 0.6) is 5.75 Å². The monoisotopic (exact) mass is 621 g/mol. The van der Waals surface area contributed by atoms with Crippen molar-refractivity contribution in [2.75, 3.05) is 13.7 Å². The van der Waals surface area contributed by atoms with Gasteiger partial charge in [0.15, 0.2) is 4.80 Å². The summed E-state index contributed by atoms with van der Waals surface area (Å²) in [5, 5.41) is 11.5. The largest absolute Gasteiger partial charge is 0.497 e. The number of nitro benzene ring substituents is 1. The van der Waals surface area contributed by atoms with Crippen LogP contribution < -0.4 is 19.6 Å². The van der Waals surface area contributed by atoms with Crippen LogP contribution in [-0.2, 0) is 9.53 Å². The summed E-state index contributed by atoms with van der Waals surface area (Å²) in [6.07, 6.45) is 1.61. The Morgan fingerprint density at radius 3 is 2.60 bits per heavy atom. The van der Waals surface area contributed by atoms with Gasteiger partial charge in [-0.05, 0) is 43.7 Å². The Balaban J connectivity index is 1.54. The maximum atomic E-state index is 14.1. The van der Waals surface area contributed by atoms with E-state index in [2.05, 4.69) is 0 Å². The molecule has 0 N–H and O–H groups in total. The van der Waals surface area contributed by atoms with Gasteiger partial charge in [-0.1, -0.05) is 65.9 Å². The van der Waals surface area contributed by atoms with Crippen LogP contribution in [0.3, 0.4) is 0 Å². The molecule has 0 bridgehead atoms. The maximum Gasteiger partial charge on any atom is 0.338 e. The Kier molecular flexibility index (Phi) is 8.01. The van der Waals surface area contributed by atoms with Crippen molar-refractivity contribution >= 4 is 34.8 Å². The van der Waals surface area contributed by atoms with Crippen LogP contribution in [0.1, 0.15) is 35.4 Å². The summed E-state index contributed by atoms with van der Waals surface area (Å²) in [6, 6.07) is 23.9. The number of nitrogens with zero attached hydrogens (tertiary/aromatic N) is 3. The first-order valence-electron chi connectivity index (χ1n) is 14.1. The molecule has 45 heavy (non-hydrogen) atoms. The molecule has 1 aliphatic rings. The van der Waals surface area contributed by atoms with Crippen molar-refractivity contribution in [1.82, 2.24) is 4.57 Å². The number of carbonyl (C=O) groups excluding carboxylic acids is 1. The predicted molar refractivity (Wildman–Crippen MR) is 170 cm³/mol. The van der Waals surface area contributed by atoms with E-state index in [1.165, 1.54) is 22.0 Å². The Labute approximate surface area is 261 Å². The van der Waals surface area contributed by atoms with Crippen LogP contribution in [0, 0.1) is 17.0 Å². The first-order chi connectivity index (χ1) is 21.8. The van der Waals surface area contributed by atoms with Crippen molar-refractivity contribution in [1.29, 1.82) is 0 Å². The molecule has 0 amide bonds. The summed E-state index contributed by atoms with van der Waals surface area (Å²) < 4.78 is 18.8. The van der Waals surface area contributed by atoms with E-state index in [-0.39, 0.29) is 23.4 Å². The van der Waals surface area contributed by atoms with Crippen molar-refractivity contribution in [2.24, 2.45) is 4.99 Å². The summed E-state index contributed by atoms with van der Waals surface area (Å²) in [5.41, 5.74) is 2.70. The molecule has 0 spiro atoms. The molecule has 1 atom stereocenters. The van der Waals surface area contributed by atoms with E-state index >= 15 is 0 Å². The second kappa shape index (κ2) is 12.2. The lowest BCUT2D eigenvalue weighted by molar-refractivity contribution is -0.385. The zero-order valence-corrected chi connectivity index (χ0v) is 25.4. The number of aromatic nitrogens is 1. The standard InChI is InChI=1S/C34H27N3O7S/c1-4-43-33(39)29-30(21-9-6-5-7-10-21)35-34-36(31(29)23-11-8-12-24(17-23)42-3)32(38)28(45-34)19-25-15-16-27(44-25)22-14-13-20(2)26(18-22)37(40)41/h5-19,31H,4H2,1-3H3/b28-19-/t31-/m0/s1. The van der Waals surface area contributed by atoms with Crippen molar-refractivity contribution < 1.29 is 23.6 Å². The smallest absolute Gasteiger partial charge is 0.338 e. The number of ether oxygens (including phenoxy) is 2. The molecule has 226 valence electrons. The number of esters is 1. The quantitative estimate of drug-likeness (QED) is 0.129. The second-order valence-corrected chi connectivity index (χ2v) is 11.2. The molecule has 0 unspecified atom stereocenters. The van der Waals surface area contributed by atoms with Gasteiger partial charge in [-0.3, -0.25) is 19.5 Å². The SMILES string of the molecule is CCOC(=O)C1=C(c2ccccc2)N=c2s/c(=C\c3ccc(-c4ccc(C)c([N+](=O)[O-])c4)o3)c(=O)n2[C@H]1c1cccc(OC)c1. The fraction of sp³-hybridized carbons (Fsp3) is 0.147. The number of benzene rings is 3. The van der Waals surface area contributed by atoms with Gasteiger partial charge >= 0.3 is 5.97 Å². The van der Waals surface area contributed by atoms with Gasteiger partial charge in [0, 0.05) is 28.8 Å². The van der Waals surface area contributed by atoms with Crippen LogP contribution in [0.15, 0.2) is 105 Å². The molecule has 6 rings (SSSR count). The number of thiazole rings is 1. The van der Waals surface area contributed by atoms with E-state index < -0.39 is 16.9 Å². The number of nitro groups is 1. The number of hydrogen-bond acceptors (Lipinski definition) is 9. The number of aryl methyl sites for hydroxylation is 1. The van der Waals surface area contributed by atoms with Gasteiger partial charge in [0.05, 0.1) is 40.5 Å². The van der Waals surface area contributed by atoms with E-state index in [0.29, 0.717) is 54.6 Å². The molecule has 1 aliphatic heterocycles. The molecule has 3 aromatic carbocycles. The van der Waals surface area contributed by atoms with E-state index in [9.17, 15) is 19.7 Å². The number of furan rings is 1. The Hall–Kier alpha value is -5.55. The number of rotatable bonds is 8. The van der Waals surface area contributed by atoms with E-state index in [0.717, 1.165) is 0 Å². The highest BCUT2D eigenvalue weighted by Gasteiger charge is 2.35. The number of carbonyl (C=O) groups is 1. The minimum absolute atomic E-state index is 0.0112. The third kappa shape index (κ3) is 5.61. The average Bonchev–Trinajstić information content (AvgIpc) is 3.64. The van der Waals surface area contributed by atoms with Gasteiger partial charge in [-0.25, -0.2) is 9.79 Å². The number of hydrogen-bond donors (Lipinski definition) is 0. The lowest BCUT2D eigenvalue weighted by atomic mass is 9.93. The fourth-order valence-electron chi connectivity index (χ4n) is 5.24. The third-order valence-electron chi connectivity index (χ3n) is 7.37. The molecule has 3 heterocycles. The fourth-order valence-corrected chi connectivity index (χ4v) is 6.22. The second-order valence-electron chi connectivity index (χ2n) is 10.2. The van der Waals surface area contributed by atoms with Crippen molar-refractivity contribution in [2.45, 2.75) is 19.9 Å². The first kappa shape index (κ1) is 29.5. The zero-order valence-electron chi connectivity index (χ0n) is 24.6. The van der Waals surface area contributed by atoms with Gasteiger partial charge in [0.25, 0.3) is 11.2 Å². The van der Waals surface area contributed by atoms with Crippen molar-refractivity contribution in [3.8, 4) is 17.1 Å². The minimum Gasteiger partial charge on any atom is -0.497 e. The number of methoxy groups -OCH3 is 1. The summed E-state index contributed by atoms with van der Waals surface area (Å²) in [6.45, 7) is 3.54. The molecular formula is C34H27N3O7S. The van der Waals surface area contributed by atoms with Crippen LogP contribution >= 0.6 is 11.3 Å². The molecule has 2 aromatic heterocycles.